The van der Waals surface area contributed by atoms with Crippen LogP contribution in [0.25, 0.3) is 11.1 Å². The molecule has 0 fully saturated rings. The maximum Gasteiger partial charge on any atom is 0.343 e. The lowest BCUT2D eigenvalue weighted by atomic mass is 10.0. The van der Waals surface area contributed by atoms with Crippen LogP contribution in [0.2, 0.25) is 0 Å². The number of hydrogen-bond acceptors (Lipinski definition) is 4. The van der Waals surface area contributed by atoms with Gasteiger partial charge in [0.15, 0.2) is 17.4 Å². The van der Waals surface area contributed by atoms with Crippen LogP contribution in [0.3, 0.4) is 0 Å². The van der Waals surface area contributed by atoms with Gasteiger partial charge in [0.2, 0.25) is 11.6 Å². The molecule has 0 spiro atoms. The van der Waals surface area contributed by atoms with Crippen LogP contribution in [0.1, 0.15) is 55.8 Å². The number of carbonyl (C=O) groups excluding carboxylic acids is 1. The van der Waals surface area contributed by atoms with E-state index in [1.807, 2.05) is 0 Å². The number of rotatable bonds is 12. The number of unbranched alkanes of at least 4 members (excludes halogenated alkanes) is 5. The van der Waals surface area contributed by atoms with Gasteiger partial charge in [-0.15, -0.1) is 0 Å². The zero-order valence-corrected chi connectivity index (χ0v) is 20.2. The molecule has 0 aliphatic rings. The topological polar surface area (TPSA) is 44.8 Å². The lowest BCUT2D eigenvalue weighted by molar-refractivity contribution is 0.0734. The Morgan fingerprint density at radius 1 is 0.722 bits per heavy atom. The van der Waals surface area contributed by atoms with E-state index in [4.69, 9.17) is 14.2 Å². The van der Waals surface area contributed by atoms with Crippen LogP contribution >= 0.6 is 0 Å². The molecule has 0 atom stereocenters. The van der Waals surface area contributed by atoms with Gasteiger partial charge >= 0.3 is 5.97 Å². The fourth-order valence-corrected chi connectivity index (χ4v) is 3.63. The van der Waals surface area contributed by atoms with Crippen molar-refractivity contribution >= 4 is 5.97 Å². The van der Waals surface area contributed by atoms with E-state index in [2.05, 4.69) is 6.92 Å². The second-order valence-electron chi connectivity index (χ2n) is 8.22. The van der Waals surface area contributed by atoms with Gasteiger partial charge in [-0.3, -0.25) is 0 Å². The first-order chi connectivity index (χ1) is 17.4. The van der Waals surface area contributed by atoms with Crippen molar-refractivity contribution in [3.8, 4) is 28.4 Å². The van der Waals surface area contributed by atoms with Gasteiger partial charge in [-0.25, -0.2) is 13.6 Å². The van der Waals surface area contributed by atoms with Crippen LogP contribution < -0.4 is 14.2 Å². The van der Waals surface area contributed by atoms with E-state index in [1.165, 1.54) is 43.5 Å². The summed E-state index contributed by atoms with van der Waals surface area (Å²) in [4.78, 5) is 12.4. The summed E-state index contributed by atoms with van der Waals surface area (Å²) >= 11 is 0. The van der Waals surface area contributed by atoms with Crippen molar-refractivity contribution in [3.05, 3.63) is 77.4 Å². The van der Waals surface area contributed by atoms with Gasteiger partial charge in [-0.05, 0) is 48.4 Å². The highest BCUT2D eigenvalue weighted by atomic mass is 19.2. The predicted molar refractivity (Wildman–Crippen MR) is 129 cm³/mol. The minimum Gasteiger partial charge on any atom is -0.497 e. The molecule has 3 aromatic rings. The molecule has 36 heavy (non-hydrogen) atoms. The SMILES string of the molecule is CCCCCCCCOc1c(F)c(F)c(-c2ccc(C(=O)Oc3ccc(OC)cc3)cc2)c(F)c1F. The minimum absolute atomic E-state index is 0.0524. The molecule has 0 N–H and O–H groups in total. The number of halogens is 4. The van der Waals surface area contributed by atoms with Crippen LogP contribution in [0.15, 0.2) is 48.5 Å². The second-order valence-corrected chi connectivity index (χ2v) is 8.22. The number of benzene rings is 3. The first-order valence-electron chi connectivity index (χ1n) is 11.8. The summed E-state index contributed by atoms with van der Waals surface area (Å²) in [6.07, 6.45) is 5.50. The Bertz CT molecular complexity index is 1130. The molecule has 0 bridgehead atoms. The van der Waals surface area contributed by atoms with Crippen molar-refractivity contribution in [2.24, 2.45) is 0 Å². The Kier molecular flexibility index (Phi) is 9.73. The standard InChI is InChI=1S/C28H28F4O4/c1-3-4-5-6-7-8-17-35-27-25(31)23(29)22(24(30)26(27)32)18-9-11-19(12-10-18)28(33)36-21-15-13-20(34-2)14-16-21/h9-16H,3-8,17H2,1-2H3. The van der Waals surface area contributed by atoms with Crippen molar-refractivity contribution in [3.63, 3.8) is 0 Å². The lowest BCUT2D eigenvalue weighted by Crippen LogP contribution is -2.09. The Morgan fingerprint density at radius 3 is 1.86 bits per heavy atom. The molecule has 0 aromatic heterocycles. The number of esters is 1. The largest absolute Gasteiger partial charge is 0.497 e. The molecule has 4 nitrogen and oxygen atoms in total. The summed E-state index contributed by atoms with van der Waals surface area (Å²) < 4.78 is 74.0. The molecule has 3 aromatic carbocycles. The second kappa shape index (κ2) is 13.0. The Hall–Kier alpha value is -3.55. The van der Waals surface area contributed by atoms with Crippen molar-refractivity contribution in [1.82, 2.24) is 0 Å². The van der Waals surface area contributed by atoms with Gasteiger partial charge in [0.05, 0.1) is 24.8 Å². The third-order valence-electron chi connectivity index (χ3n) is 5.65. The number of hydrogen-bond donors (Lipinski definition) is 0. The fourth-order valence-electron chi connectivity index (χ4n) is 3.63. The van der Waals surface area contributed by atoms with E-state index in [1.54, 1.807) is 12.1 Å². The summed E-state index contributed by atoms with van der Waals surface area (Å²) in [7, 11) is 1.50. The highest BCUT2D eigenvalue weighted by molar-refractivity contribution is 5.91. The maximum atomic E-state index is 14.7. The molecule has 192 valence electrons. The first kappa shape index (κ1) is 27.0. The smallest absolute Gasteiger partial charge is 0.343 e. The molecular formula is C28H28F4O4. The highest BCUT2D eigenvalue weighted by Crippen LogP contribution is 2.36. The fraction of sp³-hybridized carbons (Fsp3) is 0.321. The Balaban J connectivity index is 1.71. The summed E-state index contributed by atoms with van der Waals surface area (Å²) in [6.45, 7) is 2.04. The van der Waals surface area contributed by atoms with E-state index in [-0.39, 0.29) is 23.5 Å². The molecule has 0 aliphatic heterocycles. The van der Waals surface area contributed by atoms with E-state index in [0.29, 0.717) is 12.2 Å². The molecule has 0 saturated heterocycles. The van der Waals surface area contributed by atoms with Gasteiger partial charge in [-0.1, -0.05) is 51.2 Å². The quantitative estimate of drug-likeness (QED) is 0.0828. The van der Waals surface area contributed by atoms with E-state index in [0.717, 1.165) is 32.1 Å². The van der Waals surface area contributed by atoms with Gasteiger partial charge in [0, 0.05) is 0 Å². The van der Waals surface area contributed by atoms with E-state index < -0.39 is 40.6 Å². The zero-order valence-electron chi connectivity index (χ0n) is 20.2. The normalized spacial score (nSPS) is 10.8. The molecule has 0 amide bonds. The average molecular weight is 505 g/mol. The zero-order chi connectivity index (χ0) is 26.1. The van der Waals surface area contributed by atoms with Gasteiger partial charge in [0.25, 0.3) is 0 Å². The highest BCUT2D eigenvalue weighted by Gasteiger charge is 2.27. The van der Waals surface area contributed by atoms with Crippen molar-refractivity contribution in [2.75, 3.05) is 13.7 Å². The number of ether oxygens (including phenoxy) is 3. The molecule has 0 heterocycles. The Morgan fingerprint density at radius 2 is 1.28 bits per heavy atom. The van der Waals surface area contributed by atoms with E-state index in [9.17, 15) is 22.4 Å². The van der Waals surface area contributed by atoms with Gasteiger partial charge in [0.1, 0.15) is 11.5 Å². The van der Waals surface area contributed by atoms with Crippen molar-refractivity contribution in [2.45, 2.75) is 45.4 Å². The third kappa shape index (κ3) is 6.56. The van der Waals surface area contributed by atoms with Crippen LogP contribution in [0.4, 0.5) is 17.6 Å². The Labute approximate surface area is 207 Å². The van der Waals surface area contributed by atoms with Gasteiger partial charge < -0.3 is 14.2 Å². The van der Waals surface area contributed by atoms with Crippen LogP contribution in [0, 0.1) is 23.3 Å². The number of methoxy groups -OCH3 is 1. The lowest BCUT2D eigenvalue weighted by Gasteiger charge is -2.13. The summed E-state index contributed by atoms with van der Waals surface area (Å²) in [6, 6.07) is 11.2. The summed E-state index contributed by atoms with van der Waals surface area (Å²) in [5, 5.41) is 0. The third-order valence-corrected chi connectivity index (χ3v) is 5.65. The molecular weight excluding hydrogens is 476 g/mol. The van der Waals surface area contributed by atoms with Gasteiger partial charge in [-0.2, -0.15) is 8.78 Å². The average Bonchev–Trinajstić information content (AvgIpc) is 2.89. The minimum atomic E-state index is -1.60. The molecule has 0 aliphatic carbocycles. The predicted octanol–water partition coefficient (Wildman–Crippen LogP) is 7.88. The monoisotopic (exact) mass is 504 g/mol. The van der Waals surface area contributed by atoms with E-state index >= 15 is 0 Å². The van der Waals surface area contributed by atoms with Crippen molar-refractivity contribution < 1.29 is 36.6 Å². The molecule has 0 radical (unpaired) electrons. The number of carbonyl (C=O) groups is 1. The van der Waals surface area contributed by atoms with Crippen LogP contribution in [-0.4, -0.2) is 19.7 Å². The maximum absolute atomic E-state index is 14.7. The molecule has 8 heteroatoms. The van der Waals surface area contributed by atoms with Crippen LogP contribution in [0.5, 0.6) is 17.2 Å². The summed E-state index contributed by atoms with van der Waals surface area (Å²) in [5.41, 5.74) is -0.950. The molecule has 0 saturated carbocycles. The molecule has 0 unspecified atom stereocenters. The van der Waals surface area contributed by atoms with Crippen LogP contribution in [-0.2, 0) is 0 Å². The van der Waals surface area contributed by atoms with Crippen molar-refractivity contribution in [1.29, 1.82) is 0 Å². The summed E-state index contributed by atoms with van der Waals surface area (Å²) in [5.74, 6) is -7.27. The first-order valence-corrected chi connectivity index (χ1v) is 11.8. The molecule has 3 rings (SSSR count).